The molecule has 0 aliphatic carbocycles. The second-order valence-electron chi connectivity index (χ2n) is 5.18. The number of aliphatic imine (C=N–C) groups is 1. The lowest BCUT2D eigenvalue weighted by molar-refractivity contribution is 0.0953. The summed E-state index contributed by atoms with van der Waals surface area (Å²) >= 11 is 3.36. The van der Waals surface area contributed by atoms with E-state index in [1.54, 1.807) is 6.07 Å². The van der Waals surface area contributed by atoms with E-state index >= 15 is 0 Å². The molecule has 0 aliphatic rings. The second-order valence-corrected chi connectivity index (χ2v) is 6.10. The zero-order chi connectivity index (χ0) is 16.4. The Hall–Kier alpha value is -0.830. The van der Waals surface area contributed by atoms with Crippen LogP contribution >= 0.6 is 39.9 Å². The van der Waals surface area contributed by atoms with Gasteiger partial charge < -0.3 is 16.0 Å². The predicted octanol–water partition coefficient (Wildman–Crippen LogP) is 3.15. The van der Waals surface area contributed by atoms with Crippen molar-refractivity contribution in [1.29, 1.82) is 0 Å². The van der Waals surface area contributed by atoms with Crippen LogP contribution < -0.4 is 16.0 Å². The van der Waals surface area contributed by atoms with Crippen molar-refractivity contribution in [3.8, 4) is 0 Å². The van der Waals surface area contributed by atoms with Crippen LogP contribution in [0.5, 0.6) is 0 Å². The Morgan fingerprint density at radius 1 is 1.30 bits per heavy atom. The fourth-order valence-corrected chi connectivity index (χ4v) is 2.20. The summed E-state index contributed by atoms with van der Waals surface area (Å²) in [5.74, 6) is 0.758. The first-order chi connectivity index (χ1) is 10.5. The van der Waals surface area contributed by atoms with E-state index in [9.17, 15) is 4.79 Å². The molecule has 0 unspecified atom stereocenters. The van der Waals surface area contributed by atoms with Crippen LogP contribution in [0.3, 0.4) is 0 Å². The van der Waals surface area contributed by atoms with Crippen LogP contribution in [0.2, 0.25) is 0 Å². The van der Waals surface area contributed by atoms with Crippen molar-refractivity contribution in [2.24, 2.45) is 4.99 Å². The minimum Gasteiger partial charge on any atom is -0.357 e. The van der Waals surface area contributed by atoms with Gasteiger partial charge >= 0.3 is 0 Å². The van der Waals surface area contributed by atoms with Gasteiger partial charge in [-0.2, -0.15) is 0 Å². The van der Waals surface area contributed by atoms with Crippen molar-refractivity contribution >= 4 is 51.8 Å². The number of benzene rings is 1. The van der Waals surface area contributed by atoms with E-state index in [1.807, 2.05) is 25.1 Å². The summed E-state index contributed by atoms with van der Waals surface area (Å²) in [6, 6.07) is 7.70. The molecule has 0 spiro atoms. The lowest BCUT2D eigenvalue weighted by atomic mass is 10.2. The van der Waals surface area contributed by atoms with Crippen LogP contribution in [-0.4, -0.2) is 37.5 Å². The molecule has 7 heteroatoms. The van der Waals surface area contributed by atoms with E-state index in [1.165, 1.54) is 0 Å². The molecule has 0 heterocycles. The molecule has 0 atom stereocenters. The van der Waals surface area contributed by atoms with Crippen molar-refractivity contribution in [3.63, 3.8) is 0 Å². The van der Waals surface area contributed by atoms with Crippen LogP contribution in [0.15, 0.2) is 33.7 Å². The number of guanidine groups is 1. The molecule has 1 amide bonds. The van der Waals surface area contributed by atoms with Crippen molar-refractivity contribution in [3.05, 3.63) is 34.3 Å². The van der Waals surface area contributed by atoms with Gasteiger partial charge in [0.1, 0.15) is 0 Å². The van der Waals surface area contributed by atoms with E-state index in [-0.39, 0.29) is 29.9 Å². The van der Waals surface area contributed by atoms with E-state index in [4.69, 9.17) is 0 Å². The molecule has 23 heavy (non-hydrogen) atoms. The van der Waals surface area contributed by atoms with Gasteiger partial charge in [-0.1, -0.05) is 22.0 Å². The fourth-order valence-electron chi connectivity index (χ4n) is 1.80. The predicted molar refractivity (Wildman–Crippen MR) is 111 cm³/mol. The molecule has 0 saturated heterocycles. The minimum absolute atomic E-state index is 0. The highest BCUT2D eigenvalue weighted by Crippen LogP contribution is 2.11. The lowest BCUT2D eigenvalue weighted by Crippen LogP contribution is -2.41. The molecule has 1 rings (SSSR count). The van der Waals surface area contributed by atoms with Gasteiger partial charge in [0.15, 0.2) is 5.96 Å². The first kappa shape index (κ1) is 22.2. The molecule has 0 fully saturated rings. The quantitative estimate of drug-likeness (QED) is 0.235. The van der Waals surface area contributed by atoms with Crippen LogP contribution in [0.1, 0.15) is 37.6 Å². The molecule has 5 nitrogen and oxygen atoms in total. The Bertz CT molecular complexity index is 509. The smallest absolute Gasteiger partial charge is 0.251 e. The topological polar surface area (TPSA) is 65.5 Å². The normalized spacial score (nSPS) is 10.9. The molecule has 1 aromatic carbocycles. The van der Waals surface area contributed by atoms with Gasteiger partial charge in [-0.15, -0.1) is 24.0 Å². The van der Waals surface area contributed by atoms with E-state index < -0.39 is 0 Å². The summed E-state index contributed by atoms with van der Waals surface area (Å²) in [7, 11) is 0. The minimum atomic E-state index is -0.0579. The molecule has 130 valence electrons. The Labute approximate surface area is 164 Å². The maximum Gasteiger partial charge on any atom is 0.251 e. The molecule has 0 saturated carbocycles. The summed E-state index contributed by atoms with van der Waals surface area (Å²) < 4.78 is 0.903. The van der Waals surface area contributed by atoms with Crippen molar-refractivity contribution in [1.82, 2.24) is 16.0 Å². The number of carbonyl (C=O) groups excluding carboxylic acids is 1. The summed E-state index contributed by atoms with van der Waals surface area (Å²) in [5.41, 5.74) is 0.660. The maximum atomic E-state index is 11.9. The van der Waals surface area contributed by atoms with Crippen LogP contribution in [0, 0.1) is 0 Å². The Kier molecular flexibility index (Phi) is 12.1. The Morgan fingerprint density at radius 2 is 2.04 bits per heavy atom. The van der Waals surface area contributed by atoms with Crippen molar-refractivity contribution < 1.29 is 4.79 Å². The number of nitrogens with one attached hydrogen (secondary N) is 3. The third-order valence-electron chi connectivity index (χ3n) is 2.75. The van der Waals surface area contributed by atoms with Crippen LogP contribution in [0.4, 0.5) is 0 Å². The molecule has 0 bridgehead atoms. The number of halogens is 2. The third kappa shape index (κ3) is 9.80. The lowest BCUT2D eigenvalue weighted by Gasteiger charge is -2.13. The summed E-state index contributed by atoms with van der Waals surface area (Å²) in [5, 5.41) is 9.35. The number of rotatable bonds is 7. The SMILES string of the molecule is CCNC(=NCCCNC(=O)c1cccc(Br)c1)NC(C)C.I. The number of nitrogens with zero attached hydrogens (tertiary/aromatic N) is 1. The molecule has 0 aliphatic heterocycles. The third-order valence-corrected chi connectivity index (χ3v) is 3.24. The highest BCUT2D eigenvalue weighted by molar-refractivity contribution is 14.0. The second kappa shape index (κ2) is 12.6. The monoisotopic (exact) mass is 496 g/mol. The molecular formula is C16H26BrIN4O. The molecule has 3 N–H and O–H groups in total. The Balaban J connectivity index is 0.00000484. The van der Waals surface area contributed by atoms with Gasteiger partial charge in [0.2, 0.25) is 0 Å². The van der Waals surface area contributed by atoms with Gasteiger partial charge in [0, 0.05) is 35.7 Å². The van der Waals surface area contributed by atoms with Gasteiger partial charge in [-0.05, 0) is 45.4 Å². The zero-order valence-corrected chi connectivity index (χ0v) is 17.8. The highest BCUT2D eigenvalue weighted by atomic mass is 127. The first-order valence-electron chi connectivity index (χ1n) is 7.61. The number of carbonyl (C=O) groups is 1. The average molecular weight is 497 g/mol. The summed E-state index contributed by atoms with van der Waals surface area (Å²) in [6.07, 6.45) is 0.800. The van der Waals surface area contributed by atoms with E-state index in [0.29, 0.717) is 24.7 Å². The van der Waals surface area contributed by atoms with E-state index in [2.05, 4.69) is 50.7 Å². The molecule has 1 aromatic rings. The maximum absolute atomic E-state index is 11.9. The summed E-state index contributed by atoms with van der Waals surface area (Å²) in [4.78, 5) is 16.4. The Morgan fingerprint density at radius 3 is 2.65 bits per heavy atom. The number of hydrogen-bond donors (Lipinski definition) is 3. The summed E-state index contributed by atoms with van der Waals surface area (Å²) in [6.45, 7) is 8.29. The van der Waals surface area contributed by atoms with Gasteiger partial charge in [-0.25, -0.2) is 0 Å². The largest absolute Gasteiger partial charge is 0.357 e. The fraction of sp³-hybridized carbons (Fsp3) is 0.500. The zero-order valence-electron chi connectivity index (χ0n) is 13.9. The van der Waals surface area contributed by atoms with Crippen molar-refractivity contribution in [2.75, 3.05) is 19.6 Å². The molecular weight excluding hydrogens is 471 g/mol. The average Bonchev–Trinajstić information content (AvgIpc) is 2.46. The van der Waals surface area contributed by atoms with E-state index in [0.717, 1.165) is 23.4 Å². The first-order valence-corrected chi connectivity index (χ1v) is 8.40. The molecule has 0 aromatic heterocycles. The van der Waals surface area contributed by atoms with Crippen LogP contribution in [-0.2, 0) is 0 Å². The van der Waals surface area contributed by atoms with Crippen molar-refractivity contribution in [2.45, 2.75) is 33.2 Å². The number of hydrogen-bond acceptors (Lipinski definition) is 2. The van der Waals surface area contributed by atoms with Crippen LogP contribution in [0.25, 0.3) is 0 Å². The van der Waals surface area contributed by atoms with Gasteiger partial charge in [-0.3, -0.25) is 9.79 Å². The highest BCUT2D eigenvalue weighted by Gasteiger charge is 2.04. The van der Waals surface area contributed by atoms with Gasteiger partial charge in [0.25, 0.3) is 5.91 Å². The van der Waals surface area contributed by atoms with Gasteiger partial charge in [0.05, 0.1) is 0 Å². The molecule has 0 radical (unpaired) electrons. The number of amides is 1. The standard InChI is InChI=1S/C16H25BrN4O.HI/c1-4-18-16(21-12(2)3)20-10-6-9-19-15(22)13-7-5-8-14(17)11-13;/h5,7-8,11-12H,4,6,9-10H2,1-3H3,(H,19,22)(H2,18,20,21);1H.